The van der Waals surface area contributed by atoms with Crippen LogP contribution in [0, 0.1) is 0 Å². The first-order valence-corrected chi connectivity index (χ1v) is 6.63. The highest BCUT2D eigenvalue weighted by Gasteiger charge is 1.90. The van der Waals surface area contributed by atoms with Gasteiger partial charge in [-0.1, -0.05) is 6.07 Å². The Morgan fingerprint density at radius 3 is 1.33 bits per heavy atom. The van der Waals surface area contributed by atoms with Gasteiger partial charge in [0.25, 0.3) is 0 Å². The van der Waals surface area contributed by atoms with Crippen molar-refractivity contribution in [1.82, 2.24) is 0 Å². The summed E-state index contributed by atoms with van der Waals surface area (Å²) in [6.45, 7) is 2.76. The lowest BCUT2D eigenvalue weighted by atomic mass is 10.3. The molecule has 0 amide bonds. The number of aromatic hydroxyl groups is 2. The predicted octanol–water partition coefficient (Wildman–Crippen LogP) is 0.119. The fourth-order valence-corrected chi connectivity index (χ4v) is 1.16. The highest BCUT2D eigenvalue weighted by Crippen LogP contribution is 2.14. The molecule has 1 aromatic rings. The summed E-state index contributed by atoms with van der Waals surface area (Å²) in [6.07, 6.45) is 0. The van der Waals surface area contributed by atoms with Gasteiger partial charge >= 0.3 is 0 Å². The van der Waals surface area contributed by atoms with Crippen LogP contribution in [-0.4, -0.2) is 73.3 Å². The van der Waals surface area contributed by atoms with Gasteiger partial charge in [0.05, 0.1) is 52.9 Å². The first-order chi connectivity index (χ1) is 10.2. The van der Waals surface area contributed by atoms with E-state index < -0.39 is 0 Å². The van der Waals surface area contributed by atoms with Gasteiger partial charge in [0.1, 0.15) is 11.5 Å². The molecule has 0 aliphatic heterocycles. The summed E-state index contributed by atoms with van der Waals surface area (Å²) in [7, 11) is 0. The van der Waals surface area contributed by atoms with Crippen LogP contribution in [-0.2, 0) is 14.2 Å². The summed E-state index contributed by atoms with van der Waals surface area (Å²) < 4.78 is 15.0. The molecule has 0 aliphatic rings. The van der Waals surface area contributed by atoms with E-state index in [0.29, 0.717) is 39.6 Å². The van der Waals surface area contributed by atoms with Crippen molar-refractivity contribution in [2.75, 3.05) is 52.9 Å². The number of benzene rings is 1. The number of ether oxygens (including phenoxy) is 3. The summed E-state index contributed by atoms with van der Waals surface area (Å²) in [4.78, 5) is 0. The van der Waals surface area contributed by atoms with Crippen LogP contribution in [0.25, 0.3) is 0 Å². The van der Waals surface area contributed by atoms with Crippen LogP contribution < -0.4 is 0 Å². The molecule has 0 saturated carbocycles. The van der Waals surface area contributed by atoms with Crippen LogP contribution in [0.1, 0.15) is 0 Å². The van der Waals surface area contributed by atoms with Crippen molar-refractivity contribution >= 4 is 0 Å². The van der Waals surface area contributed by atoms with E-state index in [4.69, 9.17) is 34.6 Å². The third-order valence-corrected chi connectivity index (χ3v) is 2.05. The molecule has 0 atom stereocenters. The molecule has 0 saturated heterocycles. The lowest BCUT2D eigenvalue weighted by Gasteiger charge is -2.04. The van der Waals surface area contributed by atoms with Gasteiger partial charge in [-0.3, -0.25) is 0 Å². The van der Waals surface area contributed by atoms with Crippen molar-refractivity contribution in [3.05, 3.63) is 24.3 Å². The second kappa shape index (κ2) is 15.0. The highest BCUT2D eigenvalue weighted by molar-refractivity contribution is 5.30. The maximum absolute atomic E-state index is 8.65. The monoisotopic (exact) mass is 304 g/mol. The van der Waals surface area contributed by atoms with Gasteiger partial charge in [-0.2, -0.15) is 0 Å². The van der Waals surface area contributed by atoms with Crippen LogP contribution in [0.4, 0.5) is 0 Å². The largest absolute Gasteiger partial charge is 0.508 e. The Balaban J connectivity index is 0.000000423. The van der Waals surface area contributed by atoms with Crippen LogP contribution in [0.3, 0.4) is 0 Å². The fraction of sp³-hybridized carbons (Fsp3) is 0.571. The zero-order valence-corrected chi connectivity index (χ0v) is 12.0. The zero-order chi connectivity index (χ0) is 15.8. The smallest absolute Gasteiger partial charge is 0.119 e. The second-order valence-corrected chi connectivity index (χ2v) is 3.80. The minimum absolute atomic E-state index is 0.0413. The van der Waals surface area contributed by atoms with Gasteiger partial charge in [0.2, 0.25) is 0 Å². The zero-order valence-electron chi connectivity index (χ0n) is 12.0. The third-order valence-electron chi connectivity index (χ3n) is 2.05. The maximum Gasteiger partial charge on any atom is 0.119 e. The standard InChI is InChI=1S/C8H18O5.C6H6O2/c9-1-3-11-5-7-13-8-6-12-4-2-10;7-5-2-1-3-6(8)4-5/h9-10H,1-8H2;1-4,7-8H. The van der Waals surface area contributed by atoms with E-state index in [1.807, 2.05) is 0 Å². The summed E-state index contributed by atoms with van der Waals surface area (Å²) in [5.74, 6) is 0.176. The summed E-state index contributed by atoms with van der Waals surface area (Å²) in [5.41, 5.74) is 0. The molecule has 0 heterocycles. The number of phenols is 2. The quantitative estimate of drug-likeness (QED) is 0.455. The van der Waals surface area contributed by atoms with E-state index in [-0.39, 0.29) is 24.7 Å². The Kier molecular flexibility index (Phi) is 14.0. The number of hydrogen-bond donors (Lipinski definition) is 4. The topological polar surface area (TPSA) is 109 Å². The first-order valence-electron chi connectivity index (χ1n) is 6.63. The lowest BCUT2D eigenvalue weighted by Crippen LogP contribution is -2.11. The van der Waals surface area contributed by atoms with Gasteiger partial charge in [-0.05, 0) is 12.1 Å². The van der Waals surface area contributed by atoms with Crippen molar-refractivity contribution in [2.24, 2.45) is 0 Å². The number of aliphatic hydroxyl groups is 2. The molecule has 7 heteroatoms. The van der Waals surface area contributed by atoms with Crippen LogP contribution in [0.15, 0.2) is 24.3 Å². The average Bonchev–Trinajstić information content (AvgIpc) is 2.46. The van der Waals surface area contributed by atoms with Gasteiger partial charge < -0.3 is 34.6 Å². The molecule has 0 radical (unpaired) electrons. The molecular weight excluding hydrogens is 280 g/mol. The van der Waals surface area contributed by atoms with Crippen molar-refractivity contribution in [3.63, 3.8) is 0 Å². The molecule has 122 valence electrons. The maximum atomic E-state index is 8.65. The molecular formula is C14H24O7. The van der Waals surface area contributed by atoms with E-state index in [9.17, 15) is 0 Å². The highest BCUT2D eigenvalue weighted by atomic mass is 16.5. The molecule has 21 heavy (non-hydrogen) atoms. The Morgan fingerprint density at radius 1 is 0.667 bits per heavy atom. The summed E-state index contributed by atoms with van der Waals surface area (Å²) in [6, 6.07) is 5.85. The number of aliphatic hydroxyl groups excluding tert-OH is 2. The minimum Gasteiger partial charge on any atom is -0.508 e. The minimum atomic E-state index is 0.0413. The van der Waals surface area contributed by atoms with Crippen molar-refractivity contribution in [2.45, 2.75) is 0 Å². The Hall–Kier alpha value is -1.38. The van der Waals surface area contributed by atoms with Crippen LogP contribution in [0.5, 0.6) is 11.5 Å². The third kappa shape index (κ3) is 14.8. The lowest BCUT2D eigenvalue weighted by molar-refractivity contribution is 0.00230. The predicted molar refractivity (Wildman–Crippen MR) is 76.4 cm³/mol. The number of hydrogen-bond acceptors (Lipinski definition) is 7. The summed E-state index contributed by atoms with van der Waals surface area (Å²) >= 11 is 0. The number of rotatable bonds is 10. The fourth-order valence-electron chi connectivity index (χ4n) is 1.16. The van der Waals surface area contributed by atoms with Crippen LogP contribution in [0.2, 0.25) is 0 Å². The Bertz CT molecular complexity index is 306. The van der Waals surface area contributed by atoms with E-state index in [1.165, 1.54) is 18.2 Å². The van der Waals surface area contributed by atoms with Gasteiger partial charge in [-0.25, -0.2) is 0 Å². The Morgan fingerprint density at radius 2 is 1.05 bits per heavy atom. The normalized spacial score (nSPS) is 10.0. The van der Waals surface area contributed by atoms with Crippen LogP contribution >= 0.6 is 0 Å². The van der Waals surface area contributed by atoms with Crippen molar-refractivity contribution in [1.29, 1.82) is 0 Å². The van der Waals surface area contributed by atoms with E-state index in [0.717, 1.165) is 0 Å². The molecule has 4 N–H and O–H groups in total. The summed E-state index contributed by atoms with van der Waals surface area (Å²) in [5, 5.41) is 34.0. The molecule has 0 bridgehead atoms. The second-order valence-electron chi connectivity index (χ2n) is 3.80. The SMILES string of the molecule is OCCOCCOCCOCCO.Oc1cccc(O)c1. The molecule has 1 rings (SSSR count). The van der Waals surface area contributed by atoms with Crippen molar-refractivity contribution < 1.29 is 34.6 Å². The number of phenolic OH excluding ortho intramolecular Hbond substituents is 2. The van der Waals surface area contributed by atoms with Crippen molar-refractivity contribution in [3.8, 4) is 11.5 Å². The van der Waals surface area contributed by atoms with Gasteiger partial charge in [0.15, 0.2) is 0 Å². The molecule has 0 unspecified atom stereocenters. The van der Waals surface area contributed by atoms with Gasteiger partial charge in [-0.15, -0.1) is 0 Å². The first kappa shape index (κ1) is 19.6. The van der Waals surface area contributed by atoms with E-state index in [2.05, 4.69) is 0 Å². The molecule has 0 aliphatic carbocycles. The molecule has 0 spiro atoms. The Labute approximate surface area is 124 Å². The molecule has 7 nitrogen and oxygen atoms in total. The molecule has 0 aromatic heterocycles. The van der Waals surface area contributed by atoms with Gasteiger partial charge in [0, 0.05) is 6.07 Å². The molecule has 0 fully saturated rings. The van der Waals surface area contributed by atoms with E-state index >= 15 is 0 Å². The molecule has 1 aromatic carbocycles. The average molecular weight is 304 g/mol. The van der Waals surface area contributed by atoms with E-state index in [1.54, 1.807) is 6.07 Å².